The van der Waals surface area contributed by atoms with Gasteiger partial charge in [-0.1, -0.05) is 20.8 Å². The molecule has 0 fully saturated rings. The molecule has 1 aromatic rings. The minimum Gasteiger partial charge on any atom is -0.491 e. The first kappa shape index (κ1) is 16.9. The molecule has 0 atom stereocenters. The van der Waals surface area contributed by atoms with Crippen molar-refractivity contribution in [3.05, 3.63) is 29.6 Å². The zero-order chi connectivity index (χ0) is 14.8. The molecule has 0 unspecified atom stereocenters. The van der Waals surface area contributed by atoms with Crippen molar-refractivity contribution >= 4 is 0 Å². The van der Waals surface area contributed by atoms with Gasteiger partial charge in [-0.15, -0.1) is 0 Å². The van der Waals surface area contributed by atoms with Crippen LogP contribution in [0.5, 0.6) is 5.75 Å². The van der Waals surface area contributed by atoms with Gasteiger partial charge in [0, 0.05) is 19.2 Å². The third-order valence-corrected chi connectivity index (χ3v) is 2.85. The van der Waals surface area contributed by atoms with Crippen LogP contribution in [0, 0.1) is 11.7 Å². The normalized spacial score (nSPS) is 11.1. The lowest BCUT2D eigenvalue weighted by Gasteiger charge is -2.10. The topological polar surface area (TPSA) is 30.5 Å². The van der Waals surface area contributed by atoms with Crippen LogP contribution in [-0.2, 0) is 11.3 Å². The Kier molecular flexibility index (Phi) is 8.23. The average Bonchev–Trinajstić information content (AvgIpc) is 2.39. The van der Waals surface area contributed by atoms with E-state index in [9.17, 15) is 4.39 Å². The van der Waals surface area contributed by atoms with Crippen LogP contribution in [0.4, 0.5) is 4.39 Å². The molecular formula is C16H26FNO2. The molecule has 0 amide bonds. The second-order valence-corrected chi connectivity index (χ2v) is 5.22. The van der Waals surface area contributed by atoms with Crippen molar-refractivity contribution in [2.24, 2.45) is 5.92 Å². The van der Waals surface area contributed by atoms with Crippen LogP contribution in [-0.4, -0.2) is 26.4 Å². The van der Waals surface area contributed by atoms with E-state index in [1.54, 1.807) is 0 Å². The number of hydrogen-bond acceptors (Lipinski definition) is 3. The molecule has 3 nitrogen and oxygen atoms in total. The number of rotatable bonds is 10. The summed E-state index contributed by atoms with van der Waals surface area (Å²) >= 11 is 0. The summed E-state index contributed by atoms with van der Waals surface area (Å²) in [6.45, 7) is 9.58. The maximum atomic E-state index is 13.4. The maximum absolute atomic E-state index is 13.4. The van der Waals surface area contributed by atoms with Gasteiger partial charge in [0.1, 0.15) is 18.2 Å². The Balaban J connectivity index is 2.30. The third kappa shape index (κ3) is 7.46. The fraction of sp³-hybridized carbons (Fsp3) is 0.625. The van der Waals surface area contributed by atoms with Crippen LogP contribution >= 0.6 is 0 Å². The lowest BCUT2D eigenvalue weighted by atomic mass is 10.1. The van der Waals surface area contributed by atoms with Gasteiger partial charge in [-0.2, -0.15) is 0 Å². The van der Waals surface area contributed by atoms with Crippen molar-refractivity contribution in [2.75, 3.05) is 26.4 Å². The molecule has 0 aliphatic heterocycles. The van der Waals surface area contributed by atoms with Gasteiger partial charge in [0.25, 0.3) is 0 Å². The molecule has 0 heterocycles. The van der Waals surface area contributed by atoms with Crippen molar-refractivity contribution in [2.45, 2.75) is 33.7 Å². The summed E-state index contributed by atoms with van der Waals surface area (Å²) in [6.07, 6.45) is 1.05. The SMILES string of the molecule is CCNCc1cc(F)cc(OCCOCCC(C)C)c1. The highest BCUT2D eigenvalue weighted by molar-refractivity contribution is 5.29. The van der Waals surface area contributed by atoms with Gasteiger partial charge < -0.3 is 14.8 Å². The fourth-order valence-corrected chi connectivity index (χ4v) is 1.72. The number of nitrogens with one attached hydrogen (secondary N) is 1. The molecule has 0 radical (unpaired) electrons. The zero-order valence-corrected chi connectivity index (χ0v) is 12.7. The van der Waals surface area contributed by atoms with E-state index in [1.165, 1.54) is 12.1 Å². The Morgan fingerprint density at radius 1 is 1.15 bits per heavy atom. The minimum atomic E-state index is -0.267. The second kappa shape index (κ2) is 9.72. The third-order valence-electron chi connectivity index (χ3n) is 2.85. The number of hydrogen-bond donors (Lipinski definition) is 1. The molecule has 1 N–H and O–H groups in total. The smallest absolute Gasteiger partial charge is 0.127 e. The molecule has 0 aromatic heterocycles. The van der Waals surface area contributed by atoms with E-state index in [0.717, 1.165) is 25.1 Å². The van der Waals surface area contributed by atoms with E-state index < -0.39 is 0 Å². The first-order chi connectivity index (χ1) is 9.61. The van der Waals surface area contributed by atoms with Crippen LogP contribution < -0.4 is 10.1 Å². The van der Waals surface area contributed by atoms with Crippen LogP contribution in [0.15, 0.2) is 18.2 Å². The van der Waals surface area contributed by atoms with Gasteiger partial charge in [-0.25, -0.2) is 4.39 Å². The largest absolute Gasteiger partial charge is 0.491 e. The van der Waals surface area contributed by atoms with Crippen LogP contribution in [0.2, 0.25) is 0 Å². The highest BCUT2D eigenvalue weighted by Gasteiger charge is 2.02. The molecule has 114 valence electrons. The molecule has 1 rings (SSSR count). The quantitative estimate of drug-likeness (QED) is 0.668. The molecule has 0 saturated carbocycles. The van der Waals surface area contributed by atoms with Crippen LogP contribution in [0.25, 0.3) is 0 Å². The van der Waals surface area contributed by atoms with E-state index in [-0.39, 0.29) is 5.82 Å². The summed E-state index contributed by atoms with van der Waals surface area (Å²) in [5.74, 6) is 0.939. The van der Waals surface area contributed by atoms with E-state index in [2.05, 4.69) is 19.2 Å². The Hall–Kier alpha value is -1.13. The Morgan fingerprint density at radius 2 is 1.95 bits per heavy atom. The van der Waals surface area contributed by atoms with Crippen LogP contribution in [0.3, 0.4) is 0 Å². The second-order valence-electron chi connectivity index (χ2n) is 5.22. The van der Waals surface area contributed by atoms with E-state index >= 15 is 0 Å². The van der Waals surface area contributed by atoms with Crippen molar-refractivity contribution in [1.29, 1.82) is 0 Å². The first-order valence-corrected chi connectivity index (χ1v) is 7.32. The summed E-state index contributed by atoms with van der Waals surface area (Å²) in [6, 6.07) is 4.79. The van der Waals surface area contributed by atoms with E-state index in [4.69, 9.17) is 9.47 Å². The molecule has 4 heteroatoms. The lowest BCUT2D eigenvalue weighted by molar-refractivity contribution is 0.0924. The van der Waals surface area contributed by atoms with Gasteiger partial charge in [-0.05, 0) is 36.6 Å². The van der Waals surface area contributed by atoms with Crippen molar-refractivity contribution in [1.82, 2.24) is 5.32 Å². The van der Waals surface area contributed by atoms with E-state index in [0.29, 0.717) is 31.4 Å². The molecule has 20 heavy (non-hydrogen) atoms. The maximum Gasteiger partial charge on any atom is 0.127 e. The molecule has 0 spiro atoms. The highest BCUT2D eigenvalue weighted by Crippen LogP contribution is 2.16. The van der Waals surface area contributed by atoms with Crippen molar-refractivity contribution in [3.8, 4) is 5.75 Å². The Bertz CT molecular complexity index is 383. The molecule has 0 aliphatic rings. The van der Waals surface area contributed by atoms with E-state index in [1.807, 2.05) is 13.0 Å². The van der Waals surface area contributed by atoms with Gasteiger partial charge in [0.2, 0.25) is 0 Å². The number of halogens is 1. The van der Waals surface area contributed by atoms with Gasteiger partial charge in [0.05, 0.1) is 6.61 Å². The standard InChI is InChI=1S/C16H26FNO2/c1-4-18-12-14-9-15(17)11-16(10-14)20-8-7-19-6-5-13(2)3/h9-11,13,18H,4-8,12H2,1-3H3. The molecule has 0 aliphatic carbocycles. The molecule has 0 saturated heterocycles. The van der Waals surface area contributed by atoms with Crippen LogP contribution in [0.1, 0.15) is 32.8 Å². The average molecular weight is 283 g/mol. The summed E-state index contributed by atoms with van der Waals surface area (Å²) in [5, 5.41) is 3.17. The number of benzene rings is 1. The predicted octanol–water partition coefficient (Wildman–Crippen LogP) is 3.38. The summed E-state index contributed by atoms with van der Waals surface area (Å²) in [5.41, 5.74) is 0.891. The lowest BCUT2D eigenvalue weighted by Crippen LogP contribution is -2.12. The van der Waals surface area contributed by atoms with Crippen molar-refractivity contribution in [3.63, 3.8) is 0 Å². The molecular weight excluding hydrogens is 257 g/mol. The molecule has 1 aromatic carbocycles. The number of ether oxygens (including phenoxy) is 2. The predicted molar refractivity (Wildman–Crippen MR) is 79.5 cm³/mol. The monoisotopic (exact) mass is 283 g/mol. The molecule has 0 bridgehead atoms. The highest BCUT2D eigenvalue weighted by atomic mass is 19.1. The van der Waals surface area contributed by atoms with Gasteiger partial charge >= 0.3 is 0 Å². The van der Waals surface area contributed by atoms with Crippen molar-refractivity contribution < 1.29 is 13.9 Å². The summed E-state index contributed by atoms with van der Waals surface area (Å²) in [7, 11) is 0. The van der Waals surface area contributed by atoms with Gasteiger partial charge in [0.15, 0.2) is 0 Å². The first-order valence-electron chi connectivity index (χ1n) is 7.32. The summed E-state index contributed by atoms with van der Waals surface area (Å²) < 4.78 is 24.4. The fourth-order valence-electron chi connectivity index (χ4n) is 1.72. The Morgan fingerprint density at radius 3 is 2.65 bits per heavy atom. The minimum absolute atomic E-state index is 0.267. The van der Waals surface area contributed by atoms with Gasteiger partial charge in [-0.3, -0.25) is 0 Å². The Labute approximate surface area is 121 Å². The zero-order valence-electron chi connectivity index (χ0n) is 12.7. The summed E-state index contributed by atoms with van der Waals surface area (Å²) in [4.78, 5) is 0.